The van der Waals surface area contributed by atoms with E-state index in [0.717, 1.165) is 25.7 Å². The average Bonchev–Trinajstić information content (AvgIpc) is 3.40. The molecule has 0 aliphatic carbocycles. The Labute approximate surface area is 466 Å². The third-order valence-corrected chi connectivity index (χ3v) is 16.4. The van der Waals surface area contributed by atoms with Gasteiger partial charge in [-0.1, -0.05) is 372 Å². The lowest BCUT2D eigenvalue weighted by Crippen LogP contribution is -2.45. The number of aliphatic hydroxyl groups is 2. The first-order valence-electron chi connectivity index (χ1n) is 34.6. The number of rotatable bonds is 65. The summed E-state index contributed by atoms with van der Waals surface area (Å²) in [6, 6.07) is -0.620. The molecular formula is C70H137NO3. The molecule has 0 saturated heterocycles. The molecule has 4 nitrogen and oxygen atoms in total. The fourth-order valence-electron chi connectivity index (χ4n) is 11.2. The molecule has 0 rings (SSSR count). The van der Waals surface area contributed by atoms with Crippen LogP contribution >= 0.6 is 0 Å². The maximum Gasteiger partial charge on any atom is 0.220 e. The first kappa shape index (κ1) is 72.9. The maximum absolute atomic E-state index is 12.5. The van der Waals surface area contributed by atoms with E-state index >= 15 is 0 Å². The molecule has 440 valence electrons. The molecule has 0 aromatic rings. The standard InChI is InChI=1S/C70H137NO3/c1-3-5-7-9-11-13-15-17-19-21-23-25-26-27-28-29-30-31-32-33-34-35-36-37-38-39-40-41-42-43-44-46-48-50-52-54-56-58-60-62-64-66-70(74)71-68(67-72)69(73)65-63-61-59-57-55-53-51-49-47-45-24-22-20-18-16-14-12-10-8-6-4-2/h21,23,63,65,68-69,72-73H,3-20,22,24-62,64,66-67H2,1-2H3,(H,71,74)/b23-21-,65-63+. The van der Waals surface area contributed by atoms with Crippen LogP contribution in [0.15, 0.2) is 24.3 Å². The molecule has 74 heavy (non-hydrogen) atoms. The first-order valence-corrected chi connectivity index (χ1v) is 34.6. The van der Waals surface area contributed by atoms with E-state index in [-0.39, 0.29) is 12.5 Å². The Bertz CT molecular complexity index is 1090. The lowest BCUT2D eigenvalue weighted by Gasteiger charge is -2.20. The third kappa shape index (κ3) is 61.7. The molecule has 2 atom stereocenters. The zero-order chi connectivity index (χ0) is 53.4. The zero-order valence-electron chi connectivity index (χ0n) is 50.9. The van der Waals surface area contributed by atoms with Gasteiger partial charge in [-0.05, 0) is 44.9 Å². The summed E-state index contributed by atoms with van der Waals surface area (Å²) in [5, 5.41) is 23.3. The summed E-state index contributed by atoms with van der Waals surface area (Å²) in [7, 11) is 0. The Kier molecular flexibility index (Phi) is 65.1. The van der Waals surface area contributed by atoms with Crippen LogP contribution in [0.25, 0.3) is 0 Å². The van der Waals surface area contributed by atoms with Gasteiger partial charge in [0.15, 0.2) is 0 Å². The molecule has 0 fully saturated rings. The van der Waals surface area contributed by atoms with Gasteiger partial charge in [-0.25, -0.2) is 0 Å². The van der Waals surface area contributed by atoms with E-state index in [1.165, 1.54) is 353 Å². The highest BCUT2D eigenvalue weighted by Gasteiger charge is 2.18. The van der Waals surface area contributed by atoms with Crippen molar-refractivity contribution in [2.75, 3.05) is 6.61 Å². The number of carbonyl (C=O) groups excluding carboxylic acids is 1. The highest BCUT2D eigenvalue weighted by molar-refractivity contribution is 5.76. The van der Waals surface area contributed by atoms with Crippen molar-refractivity contribution in [3.63, 3.8) is 0 Å². The summed E-state index contributed by atoms with van der Waals surface area (Å²) in [5.74, 6) is -0.0545. The van der Waals surface area contributed by atoms with Crippen LogP contribution in [0.3, 0.4) is 0 Å². The minimum Gasteiger partial charge on any atom is -0.394 e. The lowest BCUT2D eigenvalue weighted by atomic mass is 10.0. The molecule has 3 N–H and O–H groups in total. The molecule has 0 aliphatic heterocycles. The number of amides is 1. The van der Waals surface area contributed by atoms with Crippen LogP contribution in [0.2, 0.25) is 0 Å². The molecule has 0 saturated carbocycles. The number of hydrogen-bond donors (Lipinski definition) is 3. The van der Waals surface area contributed by atoms with Crippen molar-refractivity contribution in [3.8, 4) is 0 Å². The minimum absolute atomic E-state index is 0.0545. The predicted molar refractivity (Wildman–Crippen MR) is 332 cm³/mol. The normalized spacial score (nSPS) is 12.8. The van der Waals surface area contributed by atoms with E-state index in [4.69, 9.17) is 0 Å². The zero-order valence-corrected chi connectivity index (χ0v) is 50.9. The fourth-order valence-corrected chi connectivity index (χ4v) is 11.2. The van der Waals surface area contributed by atoms with Gasteiger partial charge in [0.25, 0.3) is 0 Å². The predicted octanol–water partition coefficient (Wildman–Crippen LogP) is 23.4. The number of carbonyl (C=O) groups is 1. The molecule has 0 spiro atoms. The Hall–Kier alpha value is -1.13. The largest absolute Gasteiger partial charge is 0.394 e. The van der Waals surface area contributed by atoms with Crippen molar-refractivity contribution in [2.24, 2.45) is 0 Å². The molecule has 0 bridgehead atoms. The second-order valence-corrected chi connectivity index (χ2v) is 24.0. The highest BCUT2D eigenvalue weighted by atomic mass is 16.3. The second kappa shape index (κ2) is 66.2. The van der Waals surface area contributed by atoms with E-state index < -0.39 is 12.1 Å². The van der Waals surface area contributed by atoms with E-state index in [0.29, 0.717) is 6.42 Å². The maximum atomic E-state index is 12.5. The van der Waals surface area contributed by atoms with Gasteiger partial charge in [0, 0.05) is 6.42 Å². The van der Waals surface area contributed by atoms with Crippen molar-refractivity contribution in [2.45, 2.75) is 411 Å². The molecular weight excluding hydrogens is 903 g/mol. The minimum atomic E-state index is -0.837. The Morgan fingerprint density at radius 3 is 0.743 bits per heavy atom. The Balaban J connectivity index is 3.37. The van der Waals surface area contributed by atoms with Crippen LogP contribution in [0.4, 0.5) is 0 Å². The van der Waals surface area contributed by atoms with E-state index in [1.807, 2.05) is 6.08 Å². The van der Waals surface area contributed by atoms with E-state index in [9.17, 15) is 15.0 Å². The molecule has 0 heterocycles. The van der Waals surface area contributed by atoms with Crippen LogP contribution in [-0.4, -0.2) is 34.9 Å². The summed E-state index contributed by atoms with van der Waals surface area (Å²) in [6.45, 7) is 4.35. The van der Waals surface area contributed by atoms with Crippen molar-refractivity contribution in [1.29, 1.82) is 0 Å². The fraction of sp³-hybridized carbons (Fsp3) is 0.929. The van der Waals surface area contributed by atoms with Crippen molar-refractivity contribution < 1.29 is 15.0 Å². The third-order valence-electron chi connectivity index (χ3n) is 16.4. The van der Waals surface area contributed by atoms with Gasteiger partial charge in [-0.15, -0.1) is 0 Å². The van der Waals surface area contributed by atoms with Gasteiger partial charge in [0.1, 0.15) is 0 Å². The monoisotopic (exact) mass is 1040 g/mol. The number of aliphatic hydroxyl groups excluding tert-OH is 2. The topological polar surface area (TPSA) is 69.6 Å². The summed E-state index contributed by atoms with van der Waals surface area (Å²) in [4.78, 5) is 12.5. The van der Waals surface area contributed by atoms with Crippen molar-refractivity contribution >= 4 is 5.91 Å². The van der Waals surface area contributed by atoms with Gasteiger partial charge in [0.05, 0.1) is 18.8 Å². The lowest BCUT2D eigenvalue weighted by molar-refractivity contribution is -0.123. The average molecular weight is 1040 g/mol. The SMILES string of the molecule is CCCCCCCCCC/C=C\CCCCCCCCCCCCCCCCCCCCCCCCCCCCCCCC(=O)NC(CO)C(O)/C=C/CCCCCCCCCCCCCCCCCCCCC. The number of unbranched alkanes of at least 4 members (excludes halogenated alkanes) is 56. The van der Waals surface area contributed by atoms with Crippen LogP contribution in [0, 0.1) is 0 Å². The quantitative estimate of drug-likeness (QED) is 0.0420. The first-order chi connectivity index (χ1) is 36.7. The summed E-state index contributed by atoms with van der Waals surface area (Å²) in [5.41, 5.74) is 0. The smallest absolute Gasteiger partial charge is 0.220 e. The number of nitrogens with one attached hydrogen (secondary N) is 1. The molecule has 0 aromatic carbocycles. The molecule has 0 radical (unpaired) electrons. The van der Waals surface area contributed by atoms with Crippen molar-refractivity contribution in [1.82, 2.24) is 5.32 Å². The van der Waals surface area contributed by atoms with Crippen molar-refractivity contribution in [3.05, 3.63) is 24.3 Å². The number of allylic oxidation sites excluding steroid dienone is 3. The van der Waals surface area contributed by atoms with Gasteiger partial charge < -0.3 is 15.5 Å². The van der Waals surface area contributed by atoms with Gasteiger partial charge in [-0.2, -0.15) is 0 Å². The van der Waals surface area contributed by atoms with Gasteiger partial charge in [0.2, 0.25) is 5.91 Å². The summed E-state index contributed by atoms with van der Waals surface area (Å²) >= 11 is 0. The van der Waals surface area contributed by atoms with Crippen LogP contribution in [0.1, 0.15) is 399 Å². The Morgan fingerprint density at radius 2 is 0.514 bits per heavy atom. The van der Waals surface area contributed by atoms with Gasteiger partial charge in [-0.3, -0.25) is 4.79 Å². The van der Waals surface area contributed by atoms with Crippen LogP contribution in [-0.2, 0) is 4.79 Å². The van der Waals surface area contributed by atoms with Gasteiger partial charge >= 0.3 is 0 Å². The molecule has 0 aromatic heterocycles. The molecule has 0 aliphatic rings. The molecule has 1 amide bonds. The van der Waals surface area contributed by atoms with Crippen LogP contribution in [0.5, 0.6) is 0 Å². The number of hydrogen-bond acceptors (Lipinski definition) is 3. The second-order valence-electron chi connectivity index (χ2n) is 24.0. The molecule has 2 unspecified atom stereocenters. The van der Waals surface area contributed by atoms with E-state index in [2.05, 4.69) is 31.3 Å². The van der Waals surface area contributed by atoms with Crippen LogP contribution < -0.4 is 5.32 Å². The molecule has 4 heteroatoms. The highest BCUT2D eigenvalue weighted by Crippen LogP contribution is 2.19. The Morgan fingerprint density at radius 1 is 0.311 bits per heavy atom. The summed E-state index contributed by atoms with van der Waals surface area (Å²) in [6.07, 6.45) is 89.9. The van der Waals surface area contributed by atoms with E-state index in [1.54, 1.807) is 6.08 Å². The summed E-state index contributed by atoms with van der Waals surface area (Å²) < 4.78 is 0.